The molecule has 0 saturated carbocycles. The van der Waals surface area contributed by atoms with Crippen molar-refractivity contribution < 1.29 is 13.6 Å². The number of anilines is 1. The highest BCUT2D eigenvalue weighted by molar-refractivity contribution is 6.30. The zero-order chi connectivity index (χ0) is 21.7. The van der Waals surface area contributed by atoms with Crippen molar-refractivity contribution in [2.45, 2.75) is 25.8 Å². The fourth-order valence-corrected chi connectivity index (χ4v) is 3.16. The van der Waals surface area contributed by atoms with Crippen molar-refractivity contribution in [3.8, 4) is 11.3 Å². The highest BCUT2D eigenvalue weighted by Gasteiger charge is 2.19. The number of rotatable bonds is 8. The van der Waals surface area contributed by atoms with Crippen molar-refractivity contribution in [3.63, 3.8) is 0 Å². The molecule has 8 heteroatoms. The average Bonchev–Trinajstić information content (AvgIpc) is 3.18. The molecule has 5 nitrogen and oxygen atoms in total. The van der Waals surface area contributed by atoms with Crippen molar-refractivity contribution in [1.29, 1.82) is 0 Å². The van der Waals surface area contributed by atoms with Gasteiger partial charge in [-0.25, -0.2) is 8.78 Å². The molecule has 0 radical (unpaired) electrons. The van der Waals surface area contributed by atoms with E-state index in [-0.39, 0.29) is 22.4 Å². The van der Waals surface area contributed by atoms with Crippen LogP contribution < -0.4 is 5.32 Å². The Morgan fingerprint density at radius 3 is 2.63 bits per heavy atom. The molecule has 1 heterocycles. The van der Waals surface area contributed by atoms with Crippen LogP contribution in [-0.2, 0) is 11.2 Å². The minimum Gasteiger partial charge on any atom is -0.322 e. The van der Waals surface area contributed by atoms with E-state index in [9.17, 15) is 13.6 Å². The molecule has 2 aromatic carbocycles. The molecular weight excluding hydrogens is 410 g/mol. The second-order valence-corrected chi connectivity index (χ2v) is 7.60. The number of carbonyl (C=O) groups is 1. The fraction of sp³-hybridized carbons (Fsp3) is 0.273. The molecule has 0 spiro atoms. The van der Waals surface area contributed by atoms with Crippen LogP contribution in [0.4, 0.5) is 14.5 Å². The number of H-pyrrole nitrogens is 1. The van der Waals surface area contributed by atoms with Crippen LogP contribution in [0.15, 0.2) is 48.5 Å². The van der Waals surface area contributed by atoms with Gasteiger partial charge in [0.2, 0.25) is 5.91 Å². The molecule has 0 saturated heterocycles. The Morgan fingerprint density at radius 1 is 1.20 bits per heavy atom. The standard InChI is InChI=1S/C22H23ClF2N4O/c1-14(22(30)26-20-10-7-16(23)12-19(20)25)29(2)11-3-4-18-13-21(28-27-18)15-5-8-17(24)9-6-15/h5-10,12-14H,3-4,11H2,1-2H3,(H,26,30)(H,27,28). The van der Waals surface area contributed by atoms with Crippen molar-refractivity contribution in [2.24, 2.45) is 0 Å². The van der Waals surface area contributed by atoms with E-state index in [0.29, 0.717) is 6.54 Å². The van der Waals surface area contributed by atoms with Gasteiger partial charge in [0.1, 0.15) is 11.6 Å². The summed E-state index contributed by atoms with van der Waals surface area (Å²) in [7, 11) is 1.85. The Hall–Kier alpha value is -2.77. The van der Waals surface area contributed by atoms with Gasteiger partial charge in [-0.05, 0) is 81.9 Å². The third-order valence-electron chi connectivity index (χ3n) is 4.96. The summed E-state index contributed by atoms with van der Waals surface area (Å²) in [6.45, 7) is 2.44. The lowest BCUT2D eigenvalue weighted by atomic mass is 10.1. The first kappa shape index (κ1) is 21.9. The van der Waals surface area contributed by atoms with Gasteiger partial charge >= 0.3 is 0 Å². The minimum atomic E-state index is -0.568. The highest BCUT2D eigenvalue weighted by Crippen LogP contribution is 2.20. The lowest BCUT2D eigenvalue weighted by Crippen LogP contribution is -2.40. The molecule has 0 aliphatic heterocycles. The van der Waals surface area contributed by atoms with E-state index in [1.54, 1.807) is 19.1 Å². The molecule has 1 unspecified atom stereocenters. The summed E-state index contributed by atoms with van der Waals surface area (Å²) >= 11 is 5.73. The molecule has 0 bridgehead atoms. The SMILES string of the molecule is CC(C(=O)Nc1ccc(Cl)cc1F)N(C)CCCc1cc(-c2ccc(F)cc2)n[nH]1. The van der Waals surface area contributed by atoms with E-state index in [2.05, 4.69) is 15.5 Å². The first-order valence-corrected chi connectivity index (χ1v) is 9.97. The van der Waals surface area contributed by atoms with Crippen LogP contribution in [0.5, 0.6) is 0 Å². The molecule has 3 aromatic rings. The molecule has 0 fully saturated rings. The van der Waals surface area contributed by atoms with Crippen LogP contribution in [0.25, 0.3) is 11.3 Å². The van der Waals surface area contributed by atoms with Gasteiger partial charge in [-0.2, -0.15) is 5.10 Å². The van der Waals surface area contributed by atoms with Gasteiger partial charge in [0.05, 0.1) is 17.4 Å². The van der Waals surface area contributed by atoms with E-state index in [0.717, 1.165) is 35.9 Å². The first-order chi connectivity index (χ1) is 14.3. The van der Waals surface area contributed by atoms with Gasteiger partial charge in [-0.3, -0.25) is 14.8 Å². The van der Waals surface area contributed by atoms with Crippen molar-refractivity contribution >= 4 is 23.2 Å². The van der Waals surface area contributed by atoms with Gasteiger partial charge < -0.3 is 5.32 Å². The average molecular weight is 433 g/mol. The number of carbonyl (C=O) groups excluding carboxylic acids is 1. The van der Waals surface area contributed by atoms with Gasteiger partial charge in [0, 0.05) is 16.3 Å². The summed E-state index contributed by atoms with van der Waals surface area (Å²) in [4.78, 5) is 14.3. The van der Waals surface area contributed by atoms with E-state index in [4.69, 9.17) is 11.6 Å². The number of aryl methyl sites for hydroxylation is 1. The summed E-state index contributed by atoms with van der Waals surface area (Å²) in [5, 5.41) is 10.1. The molecular formula is C22H23ClF2N4O. The summed E-state index contributed by atoms with van der Waals surface area (Å²) < 4.78 is 26.9. The Morgan fingerprint density at radius 2 is 1.93 bits per heavy atom. The molecule has 30 heavy (non-hydrogen) atoms. The number of hydrogen-bond donors (Lipinski definition) is 2. The quantitative estimate of drug-likeness (QED) is 0.532. The third kappa shape index (κ3) is 5.64. The number of amides is 1. The molecule has 1 atom stereocenters. The summed E-state index contributed by atoms with van der Waals surface area (Å²) in [5.74, 6) is -1.14. The first-order valence-electron chi connectivity index (χ1n) is 9.60. The Kier molecular flexibility index (Phi) is 7.18. The number of likely N-dealkylation sites (N-methyl/N-ethyl adjacent to an activating group) is 1. The zero-order valence-electron chi connectivity index (χ0n) is 16.8. The third-order valence-corrected chi connectivity index (χ3v) is 5.19. The van der Waals surface area contributed by atoms with Crippen LogP contribution in [-0.4, -0.2) is 40.6 Å². The molecule has 0 aliphatic carbocycles. The van der Waals surface area contributed by atoms with E-state index in [1.165, 1.54) is 24.3 Å². The molecule has 0 aliphatic rings. The summed E-state index contributed by atoms with van der Waals surface area (Å²) in [6, 6.07) is 11.8. The van der Waals surface area contributed by atoms with Crippen LogP contribution in [0.1, 0.15) is 19.0 Å². The van der Waals surface area contributed by atoms with E-state index >= 15 is 0 Å². The highest BCUT2D eigenvalue weighted by atomic mass is 35.5. The molecule has 158 valence electrons. The van der Waals surface area contributed by atoms with Gasteiger partial charge in [-0.15, -0.1) is 0 Å². The van der Waals surface area contributed by atoms with Crippen LogP contribution in [0.3, 0.4) is 0 Å². The second kappa shape index (κ2) is 9.82. The maximum Gasteiger partial charge on any atom is 0.241 e. The van der Waals surface area contributed by atoms with Crippen molar-refractivity contribution in [2.75, 3.05) is 18.9 Å². The number of hydrogen-bond acceptors (Lipinski definition) is 3. The van der Waals surface area contributed by atoms with Gasteiger partial charge in [-0.1, -0.05) is 11.6 Å². The predicted molar refractivity (Wildman–Crippen MR) is 114 cm³/mol. The van der Waals surface area contributed by atoms with Gasteiger partial charge in [0.15, 0.2) is 0 Å². The van der Waals surface area contributed by atoms with Crippen LogP contribution in [0.2, 0.25) is 5.02 Å². The van der Waals surface area contributed by atoms with Gasteiger partial charge in [0.25, 0.3) is 0 Å². The number of nitrogens with zero attached hydrogens (tertiary/aromatic N) is 2. The molecule has 2 N–H and O–H groups in total. The van der Waals surface area contributed by atoms with Crippen molar-refractivity contribution in [1.82, 2.24) is 15.1 Å². The topological polar surface area (TPSA) is 61.0 Å². The lowest BCUT2D eigenvalue weighted by molar-refractivity contribution is -0.120. The predicted octanol–water partition coefficient (Wildman–Crippen LogP) is 4.90. The zero-order valence-corrected chi connectivity index (χ0v) is 17.5. The lowest BCUT2D eigenvalue weighted by Gasteiger charge is -2.23. The monoisotopic (exact) mass is 432 g/mol. The minimum absolute atomic E-state index is 0.107. The smallest absolute Gasteiger partial charge is 0.241 e. The molecule has 1 aromatic heterocycles. The summed E-state index contributed by atoms with van der Waals surface area (Å²) in [5.41, 5.74) is 2.67. The van der Waals surface area contributed by atoms with Crippen molar-refractivity contribution in [3.05, 3.63) is 70.9 Å². The Labute approximate surface area is 179 Å². The molecule has 1 amide bonds. The largest absolute Gasteiger partial charge is 0.322 e. The number of nitrogens with one attached hydrogen (secondary N) is 2. The second-order valence-electron chi connectivity index (χ2n) is 7.16. The van der Waals surface area contributed by atoms with E-state index in [1.807, 2.05) is 18.0 Å². The fourth-order valence-electron chi connectivity index (χ4n) is 3.00. The number of halogens is 3. The normalized spacial score (nSPS) is 12.2. The number of aromatic amines is 1. The van der Waals surface area contributed by atoms with E-state index < -0.39 is 11.9 Å². The maximum absolute atomic E-state index is 13.9. The maximum atomic E-state index is 13.9. The molecule has 3 rings (SSSR count). The van der Waals surface area contributed by atoms with Crippen LogP contribution >= 0.6 is 11.6 Å². The number of benzene rings is 2. The number of aromatic nitrogens is 2. The van der Waals surface area contributed by atoms with Crippen LogP contribution in [0, 0.1) is 11.6 Å². The Balaban J connectivity index is 1.48. The summed E-state index contributed by atoms with van der Waals surface area (Å²) in [6.07, 6.45) is 1.55. The Bertz CT molecular complexity index is 1010.